The van der Waals surface area contributed by atoms with E-state index in [4.69, 9.17) is 16.7 Å². The molecule has 2 aromatic rings. The van der Waals surface area contributed by atoms with E-state index in [0.29, 0.717) is 11.5 Å². The number of benzene rings is 1. The minimum Gasteiger partial charge on any atom is -0.478 e. The monoisotopic (exact) mass is 251 g/mol. The van der Waals surface area contributed by atoms with Crippen LogP contribution < -0.4 is 5.32 Å². The molecular formula is C11H10ClN3O2. The average molecular weight is 252 g/mol. The second-order valence-electron chi connectivity index (χ2n) is 3.47. The predicted molar refractivity (Wildman–Crippen MR) is 64.9 cm³/mol. The van der Waals surface area contributed by atoms with E-state index in [1.165, 1.54) is 6.07 Å². The third-order valence-electron chi connectivity index (χ3n) is 2.20. The van der Waals surface area contributed by atoms with Crippen LogP contribution in [0.25, 0.3) is 0 Å². The molecule has 5 nitrogen and oxygen atoms in total. The lowest BCUT2D eigenvalue weighted by molar-refractivity contribution is 0.0698. The number of carboxylic acids is 1. The van der Waals surface area contributed by atoms with Gasteiger partial charge in [-0.05, 0) is 12.1 Å². The van der Waals surface area contributed by atoms with Crippen molar-refractivity contribution in [2.75, 3.05) is 5.32 Å². The number of hydrogen-bond donors (Lipinski definition) is 2. The highest BCUT2D eigenvalue weighted by Crippen LogP contribution is 2.26. The van der Waals surface area contributed by atoms with E-state index in [0.717, 1.165) is 0 Å². The Morgan fingerprint density at radius 2 is 2.24 bits per heavy atom. The average Bonchev–Trinajstić information content (AvgIpc) is 2.63. The fraction of sp³-hybridized carbons (Fsp3) is 0.0909. The van der Waals surface area contributed by atoms with Crippen LogP contribution in [0.5, 0.6) is 0 Å². The molecule has 1 heterocycles. The molecule has 0 amide bonds. The summed E-state index contributed by atoms with van der Waals surface area (Å²) >= 11 is 5.85. The van der Waals surface area contributed by atoms with Gasteiger partial charge in [0, 0.05) is 19.3 Å². The molecule has 0 aliphatic heterocycles. The lowest BCUT2D eigenvalue weighted by Gasteiger charge is -2.08. The van der Waals surface area contributed by atoms with Gasteiger partial charge in [0.15, 0.2) is 5.82 Å². The van der Waals surface area contributed by atoms with Crippen molar-refractivity contribution in [1.29, 1.82) is 0 Å². The van der Waals surface area contributed by atoms with Gasteiger partial charge in [0.1, 0.15) is 5.56 Å². The fourth-order valence-electron chi connectivity index (χ4n) is 1.47. The Hall–Kier alpha value is -2.01. The summed E-state index contributed by atoms with van der Waals surface area (Å²) in [6, 6.07) is 6.60. The lowest BCUT2D eigenvalue weighted by atomic mass is 10.2. The molecule has 1 aromatic carbocycles. The summed E-state index contributed by atoms with van der Waals surface area (Å²) in [5.41, 5.74) is 0.462. The summed E-state index contributed by atoms with van der Waals surface area (Å²) in [5, 5.41) is 16.3. The number of nitrogens with one attached hydrogen (secondary N) is 1. The highest BCUT2D eigenvalue weighted by molar-refractivity contribution is 6.34. The molecule has 0 saturated carbocycles. The predicted octanol–water partition coefficient (Wildman–Crippen LogP) is 2.52. The van der Waals surface area contributed by atoms with E-state index >= 15 is 0 Å². The number of aromatic carboxylic acids is 1. The topological polar surface area (TPSA) is 67.2 Å². The van der Waals surface area contributed by atoms with Crippen molar-refractivity contribution < 1.29 is 9.90 Å². The van der Waals surface area contributed by atoms with E-state index < -0.39 is 5.97 Å². The Morgan fingerprint density at radius 3 is 2.82 bits per heavy atom. The van der Waals surface area contributed by atoms with E-state index in [2.05, 4.69) is 10.4 Å². The van der Waals surface area contributed by atoms with Gasteiger partial charge in [-0.3, -0.25) is 4.68 Å². The minimum absolute atomic E-state index is 0.0415. The number of carbonyl (C=O) groups is 1. The third kappa shape index (κ3) is 2.39. The van der Waals surface area contributed by atoms with Crippen molar-refractivity contribution in [3.05, 3.63) is 41.0 Å². The van der Waals surface area contributed by atoms with Crippen molar-refractivity contribution in [3.63, 3.8) is 0 Å². The van der Waals surface area contributed by atoms with Gasteiger partial charge in [-0.15, -0.1) is 0 Å². The van der Waals surface area contributed by atoms with Crippen LogP contribution in [-0.2, 0) is 7.05 Å². The Labute approximate surface area is 103 Å². The highest BCUT2D eigenvalue weighted by atomic mass is 35.5. The molecule has 0 aliphatic rings. The Morgan fingerprint density at radius 1 is 1.47 bits per heavy atom. The number of rotatable bonds is 3. The first-order valence-corrected chi connectivity index (χ1v) is 5.24. The minimum atomic E-state index is -1.07. The van der Waals surface area contributed by atoms with Gasteiger partial charge < -0.3 is 10.4 Å². The largest absolute Gasteiger partial charge is 0.478 e. The third-order valence-corrected chi connectivity index (χ3v) is 2.52. The molecule has 0 radical (unpaired) electrons. The van der Waals surface area contributed by atoms with E-state index in [-0.39, 0.29) is 10.6 Å². The number of nitrogens with zero attached hydrogens (tertiary/aromatic N) is 2. The summed E-state index contributed by atoms with van der Waals surface area (Å²) in [6.45, 7) is 0. The van der Waals surface area contributed by atoms with Gasteiger partial charge in [-0.2, -0.15) is 5.10 Å². The number of halogens is 1. The van der Waals surface area contributed by atoms with Crippen molar-refractivity contribution in [1.82, 2.24) is 9.78 Å². The van der Waals surface area contributed by atoms with Crippen LogP contribution in [0, 0.1) is 0 Å². The van der Waals surface area contributed by atoms with Crippen LogP contribution in [0.2, 0.25) is 5.02 Å². The van der Waals surface area contributed by atoms with Crippen LogP contribution in [-0.4, -0.2) is 20.9 Å². The smallest absolute Gasteiger partial charge is 0.339 e. The van der Waals surface area contributed by atoms with Crippen molar-refractivity contribution in [2.45, 2.75) is 0 Å². The van der Waals surface area contributed by atoms with Crippen molar-refractivity contribution in [2.24, 2.45) is 7.05 Å². The number of hydrogen-bond acceptors (Lipinski definition) is 3. The first-order chi connectivity index (χ1) is 8.08. The molecule has 1 aromatic heterocycles. The summed E-state index contributed by atoms with van der Waals surface area (Å²) in [5.74, 6) is -0.508. The van der Waals surface area contributed by atoms with Crippen LogP contribution >= 0.6 is 11.6 Å². The second kappa shape index (κ2) is 4.47. The van der Waals surface area contributed by atoms with Gasteiger partial charge in [0.2, 0.25) is 0 Å². The summed E-state index contributed by atoms with van der Waals surface area (Å²) < 4.78 is 1.62. The zero-order chi connectivity index (χ0) is 12.4. The molecule has 0 aliphatic carbocycles. The lowest BCUT2D eigenvalue weighted by Crippen LogP contribution is -2.04. The molecule has 2 rings (SSSR count). The zero-order valence-corrected chi connectivity index (χ0v) is 9.77. The molecule has 0 bridgehead atoms. The van der Waals surface area contributed by atoms with E-state index in [1.807, 2.05) is 0 Å². The van der Waals surface area contributed by atoms with Gasteiger partial charge >= 0.3 is 5.97 Å². The zero-order valence-electron chi connectivity index (χ0n) is 9.01. The Kier molecular flexibility index (Phi) is 3.01. The molecule has 0 unspecified atom stereocenters. The molecule has 88 valence electrons. The molecule has 0 fully saturated rings. The number of anilines is 2. The SMILES string of the molecule is Cn1ccc(Nc2cccc(Cl)c2C(=O)O)n1. The molecule has 17 heavy (non-hydrogen) atoms. The summed E-state index contributed by atoms with van der Waals surface area (Å²) in [7, 11) is 1.78. The molecule has 0 atom stereocenters. The Balaban J connectivity index is 2.39. The normalized spacial score (nSPS) is 10.2. The molecule has 0 spiro atoms. The van der Waals surface area contributed by atoms with Gasteiger partial charge in [-0.25, -0.2) is 4.79 Å². The summed E-state index contributed by atoms with van der Waals surface area (Å²) in [4.78, 5) is 11.1. The molecule has 6 heteroatoms. The number of carboxylic acid groups (broad SMARTS) is 1. The van der Waals surface area contributed by atoms with Crippen LogP contribution in [0.4, 0.5) is 11.5 Å². The maximum Gasteiger partial charge on any atom is 0.339 e. The highest BCUT2D eigenvalue weighted by Gasteiger charge is 2.14. The fourth-order valence-corrected chi connectivity index (χ4v) is 1.72. The van der Waals surface area contributed by atoms with Crippen molar-refractivity contribution in [3.8, 4) is 0 Å². The summed E-state index contributed by atoms with van der Waals surface area (Å²) in [6.07, 6.45) is 1.76. The van der Waals surface area contributed by atoms with Gasteiger partial charge in [0.25, 0.3) is 0 Å². The standard InChI is InChI=1S/C11H10ClN3O2/c1-15-6-5-9(14-15)13-8-4-2-3-7(12)10(8)11(16)17/h2-6H,1H3,(H,13,14)(H,16,17). The van der Waals surface area contributed by atoms with E-state index in [9.17, 15) is 4.79 Å². The number of aryl methyl sites for hydroxylation is 1. The van der Waals surface area contributed by atoms with Crippen LogP contribution in [0.1, 0.15) is 10.4 Å². The maximum absolute atomic E-state index is 11.1. The van der Waals surface area contributed by atoms with Gasteiger partial charge in [0.05, 0.1) is 10.7 Å². The van der Waals surface area contributed by atoms with Crippen molar-refractivity contribution >= 4 is 29.1 Å². The second-order valence-corrected chi connectivity index (χ2v) is 3.87. The van der Waals surface area contributed by atoms with Crippen LogP contribution in [0.3, 0.4) is 0 Å². The van der Waals surface area contributed by atoms with Crippen LogP contribution in [0.15, 0.2) is 30.5 Å². The molecule has 2 N–H and O–H groups in total. The molecule has 0 saturated heterocycles. The molecular weight excluding hydrogens is 242 g/mol. The van der Waals surface area contributed by atoms with E-state index in [1.54, 1.807) is 36.1 Å². The van der Waals surface area contributed by atoms with Gasteiger partial charge in [-0.1, -0.05) is 17.7 Å². The first-order valence-electron chi connectivity index (χ1n) is 4.86. The number of aromatic nitrogens is 2. The first kappa shape index (κ1) is 11.5. The maximum atomic E-state index is 11.1. The quantitative estimate of drug-likeness (QED) is 0.880. The Bertz CT molecular complexity index is 566.